The third-order valence-electron chi connectivity index (χ3n) is 2.08. The number of nitrogens with two attached hydrogens (primary N) is 1. The molecule has 0 unspecified atom stereocenters. The first-order valence-electron chi connectivity index (χ1n) is 4.81. The normalized spacial score (nSPS) is 9.44. The minimum atomic E-state index is 0.577. The van der Waals surface area contributed by atoms with E-state index in [0.717, 1.165) is 0 Å². The van der Waals surface area contributed by atoms with E-state index in [4.69, 9.17) is 15.7 Å². The lowest BCUT2D eigenvalue weighted by molar-refractivity contribution is 0.482. The van der Waals surface area contributed by atoms with Gasteiger partial charge < -0.3 is 10.5 Å². The van der Waals surface area contributed by atoms with Crippen molar-refractivity contribution in [2.45, 2.75) is 0 Å². The Morgan fingerprint density at radius 2 is 1.75 bits per heavy atom. The van der Waals surface area contributed by atoms with Gasteiger partial charge >= 0.3 is 0 Å². The number of hydrogen-bond donors (Lipinski definition) is 1. The minimum absolute atomic E-state index is 0.577. The average Bonchev–Trinajstić information content (AvgIpc) is 2.32. The molecule has 2 N–H and O–H groups in total. The first-order valence-corrected chi connectivity index (χ1v) is 4.81. The number of rotatable bonds is 2. The summed E-state index contributed by atoms with van der Waals surface area (Å²) >= 11 is 0. The number of nitrogens with zero attached hydrogens (tertiary/aromatic N) is 1. The molecular weight excluding hydrogens is 200 g/mol. The van der Waals surface area contributed by atoms with Gasteiger partial charge in [0.2, 0.25) is 0 Å². The Morgan fingerprint density at radius 3 is 2.44 bits per heavy atom. The molecular formula is C13H10N2O. The molecule has 0 amide bonds. The molecule has 0 fully saturated rings. The highest BCUT2D eigenvalue weighted by atomic mass is 16.5. The molecule has 0 aliphatic carbocycles. The SMILES string of the molecule is N#Cc1cccc(Oc2ccc(N)cc2)c1. The summed E-state index contributed by atoms with van der Waals surface area (Å²) in [5.41, 5.74) is 6.84. The Kier molecular flexibility index (Phi) is 2.75. The fourth-order valence-electron chi connectivity index (χ4n) is 1.30. The molecule has 0 spiro atoms. The highest BCUT2D eigenvalue weighted by Gasteiger charge is 1.98. The molecule has 0 aliphatic rings. The van der Waals surface area contributed by atoms with Gasteiger partial charge in [-0.2, -0.15) is 5.26 Å². The second kappa shape index (κ2) is 4.37. The van der Waals surface area contributed by atoms with Crippen molar-refractivity contribution < 1.29 is 4.74 Å². The van der Waals surface area contributed by atoms with Gasteiger partial charge in [0, 0.05) is 5.69 Å². The van der Waals surface area contributed by atoms with E-state index < -0.39 is 0 Å². The highest BCUT2D eigenvalue weighted by Crippen LogP contribution is 2.22. The van der Waals surface area contributed by atoms with Crippen LogP contribution in [0.1, 0.15) is 5.56 Å². The molecule has 2 rings (SSSR count). The third-order valence-corrected chi connectivity index (χ3v) is 2.08. The van der Waals surface area contributed by atoms with Crippen LogP contribution in [0.15, 0.2) is 48.5 Å². The minimum Gasteiger partial charge on any atom is -0.457 e. The van der Waals surface area contributed by atoms with Crippen LogP contribution in [0.5, 0.6) is 11.5 Å². The molecule has 16 heavy (non-hydrogen) atoms. The number of nitriles is 1. The monoisotopic (exact) mass is 210 g/mol. The summed E-state index contributed by atoms with van der Waals surface area (Å²) in [6, 6.07) is 16.2. The van der Waals surface area contributed by atoms with E-state index in [0.29, 0.717) is 22.7 Å². The van der Waals surface area contributed by atoms with Crippen LogP contribution >= 0.6 is 0 Å². The topological polar surface area (TPSA) is 59.0 Å². The zero-order chi connectivity index (χ0) is 11.4. The summed E-state index contributed by atoms with van der Waals surface area (Å²) in [5.74, 6) is 1.34. The Balaban J connectivity index is 2.21. The van der Waals surface area contributed by atoms with Gasteiger partial charge in [-0.25, -0.2) is 0 Å². The number of nitrogen functional groups attached to an aromatic ring is 1. The average molecular weight is 210 g/mol. The number of hydrogen-bond acceptors (Lipinski definition) is 3. The zero-order valence-corrected chi connectivity index (χ0v) is 8.55. The number of ether oxygens (including phenoxy) is 1. The van der Waals surface area contributed by atoms with Crippen molar-refractivity contribution in [2.75, 3.05) is 5.73 Å². The van der Waals surface area contributed by atoms with E-state index >= 15 is 0 Å². The summed E-state index contributed by atoms with van der Waals surface area (Å²) in [6.45, 7) is 0. The van der Waals surface area contributed by atoms with Crippen LogP contribution < -0.4 is 10.5 Å². The first kappa shape index (κ1) is 10.1. The molecule has 0 radical (unpaired) electrons. The van der Waals surface area contributed by atoms with Crippen LogP contribution in [-0.2, 0) is 0 Å². The standard InChI is InChI=1S/C13H10N2O/c14-9-10-2-1-3-13(8-10)16-12-6-4-11(15)5-7-12/h1-8H,15H2. The van der Waals surface area contributed by atoms with Gasteiger partial charge in [0.1, 0.15) is 11.5 Å². The van der Waals surface area contributed by atoms with E-state index in [1.54, 1.807) is 48.5 Å². The van der Waals surface area contributed by atoms with Crippen LogP contribution in [0.3, 0.4) is 0 Å². The van der Waals surface area contributed by atoms with Crippen molar-refractivity contribution in [3.05, 3.63) is 54.1 Å². The first-order chi connectivity index (χ1) is 7.78. The van der Waals surface area contributed by atoms with Crippen molar-refractivity contribution in [1.82, 2.24) is 0 Å². The Bertz CT molecular complexity index is 526. The second-order valence-corrected chi connectivity index (χ2v) is 3.31. The van der Waals surface area contributed by atoms with Crippen molar-refractivity contribution >= 4 is 5.69 Å². The van der Waals surface area contributed by atoms with Gasteiger partial charge in [-0.3, -0.25) is 0 Å². The summed E-state index contributed by atoms with van der Waals surface area (Å²) in [6.07, 6.45) is 0. The summed E-state index contributed by atoms with van der Waals surface area (Å²) < 4.78 is 5.57. The van der Waals surface area contributed by atoms with Crippen LogP contribution in [0.4, 0.5) is 5.69 Å². The Morgan fingerprint density at radius 1 is 1.00 bits per heavy atom. The smallest absolute Gasteiger partial charge is 0.128 e. The number of benzene rings is 2. The van der Waals surface area contributed by atoms with Gasteiger partial charge in [0.25, 0.3) is 0 Å². The van der Waals surface area contributed by atoms with Crippen LogP contribution in [-0.4, -0.2) is 0 Å². The van der Waals surface area contributed by atoms with Gasteiger partial charge in [0.15, 0.2) is 0 Å². The molecule has 3 heteroatoms. The molecule has 0 bridgehead atoms. The van der Waals surface area contributed by atoms with E-state index in [-0.39, 0.29) is 0 Å². The second-order valence-electron chi connectivity index (χ2n) is 3.31. The van der Waals surface area contributed by atoms with Crippen molar-refractivity contribution in [2.24, 2.45) is 0 Å². The van der Waals surface area contributed by atoms with Crippen molar-refractivity contribution in [3.8, 4) is 17.6 Å². The van der Waals surface area contributed by atoms with E-state index in [9.17, 15) is 0 Å². The van der Waals surface area contributed by atoms with E-state index in [1.807, 2.05) is 0 Å². The molecule has 3 nitrogen and oxygen atoms in total. The molecule has 0 saturated carbocycles. The maximum absolute atomic E-state index is 8.74. The predicted molar refractivity (Wildman–Crippen MR) is 62.1 cm³/mol. The van der Waals surface area contributed by atoms with Gasteiger partial charge in [0.05, 0.1) is 11.6 Å². The summed E-state index contributed by atoms with van der Waals surface area (Å²) in [4.78, 5) is 0. The number of anilines is 1. The summed E-state index contributed by atoms with van der Waals surface area (Å²) in [7, 11) is 0. The predicted octanol–water partition coefficient (Wildman–Crippen LogP) is 2.93. The lowest BCUT2D eigenvalue weighted by Gasteiger charge is -2.05. The largest absolute Gasteiger partial charge is 0.457 e. The highest BCUT2D eigenvalue weighted by molar-refractivity contribution is 5.44. The van der Waals surface area contributed by atoms with Gasteiger partial charge in [-0.05, 0) is 42.5 Å². The van der Waals surface area contributed by atoms with Crippen LogP contribution in [0.25, 0.3) is 0 Å². The molecule has 2 aromatic carbocycles. The Hall–Kier alpha value is -2.47. The van der Waals surface area contributed by atoms with Gasteiger partial charge in [-0.1, -0.05) is 6.07 Å². The Labute approximate surface area is 93.7 Å². The van der Waals surface area contributed by atoms with Gasteiger partial charge in [-0.15, -0.1) is 0 Å². The van der Waals surface area contributed by atoms with Crippen molar-refractivity contribution in [1.29, 1.82) is 5.26 Å². The molecule has 0 heterocycles. The fourth-order valence-corrected chi connectivity index (χ4v) is 1.30. The van der Waals surface area contributed by atoms with Crippen molar-refractivity contribution in [3.63, 3.8) is 0 Å². The quantitative estimate of drug-likeness (QED) is 0.775. The van der Waals surface area contributed by atoms with E-state index in [2.05, 4.69) is 6.07 Å². The molecule has 2 aromatic rings. The van der Waals surface area contributed by atoms with Crippen LogP contribution in [0, 0.1) is 11.3 Å². The molecule has 0 saturated heterocycles. The molecule has 0 aromatic heterocycles. The maximum Gasteiger partial charge on any atom is 0.128 e. The third kappa shape index (κ3) is 2.31. The molecule has 0 atom stereocenters. The van der Waals surface area contributed by atoms with Crippen LogP contribution in [0.2, 0.25) is 0 Å². The zero-order valence-electron chi connectivity index (χ0n) is 8.55. The fraction of sp³-hybridized carbons (Fsp3) is 0. The lowest BCUT2D eigenvalue weighted by atomic mass is 10.2. The lowest BCUT2D eigenvalue weighted by Crippen LogP contribution is -1.87. The molecule has 0 aliphatic heterocycles. The molecule has 78 valence electrons. The summed E-state index contributed by atoms with van der Waals surface area (Å²) in [5, 5.41) is 8.74. The maximum atomic E-state index is 8.74. The van der Waals surface area contributed by atoms with E-state index in [1.165, 1.54) is 0 Å².